The Kier molecular flexibility index (Phi) is 4.31. The lowest BCUT2D eigenvalue weighted by Gasteiger charge is -2.11. The van der Waals surface area contributed by atoms with E-state index in [0.29, 0.717) is 12.5 Å². The van der Waals surface area contributed by atoms with Gasteiger partial charge >= 0.3 is 0 Å². The summed E-state index contributed by atoms with van der Waals surface area (Å²) in [6.45, 7) is 8.97. The summed E-state index contributed by atoms with van der Waals surface area (Å²) in [5.74, 6) is 2.59. The second-order valence-corrected chi connectivity index (χ2v) is 5.21. The fourth-order valence-electron chi connectivity index (χ4n) is 1.97. The molecule has 6 nitrogen and oxygen atoms in total. The van der Waals surface area contributed by atoms with Crippen LogP contribution in [-0.2, 0) is 20.1 Å². The highest BCUT2D eigenvalue weighted by Gasteiger charge is 2.10. The SMILES string of the molecule is Cc1ncc(CNCC(C)C)n1Cc1ncnn1C. The van der Waals surface area contributed by atoms with Gasteiger partial charge in [-0.05, 0) is 19.4 Å². The van der Waals surface area contributed by atoms with Crippen molar-refractivity contribution in [3.63, 3.8) is 0 Å². The molecule has 0 saturated carbocycles. The van der Waals surface area contributed by atoms with Gasteiger partial charge in [0.05, 0.1) is 12.2 Å². The molecule has 0 aliphatic heterocycles. The summed E-state index contributed by atoms with van der Waals surface area (Å²) in [5, 5.41) is 7.54. The number of nitrogens with zero attached hydrogens (tertiary/aromatic N) is 5. The molecule has 0 amide bonds. The molecule has 104 valence electrons. The van der Waals surface area contributed by atoms with Gasteiger partial charge in [0.1, 0.15) is 18.0 Å². The van der Waals surface area contributed by atoms with Gasteiger partial charge in [-0.15, -0.1) is 0 Å². The van der Waals surface area contributed by atoms with Crippen molar-refractivity contribution >= 4 is 0 Å². The summed E-state index contributed by atoms with van der Waals surface area (Å²) in [6, 6.07) is 0. The van der Waals surface area contributed by atoms with E-state index < -0.39 is 0 Å². The number of aromatic nitrogens is 5. The molecule has 19 heavy (non-hydrogen) atoms. The highest BCUT2D eigenvalue weighted by Crippen LogP contribution is 2.08. The zero-order chi connectivity index (χ0) is 13.8. The van der Waals surface area contributed by atoms with Crippen molar-refractivity contribution in [3.8, 4) is 0 Å². The van der Waals surface area contributed by atoms with Gasteiger partial charge in [0.15, 0.2) is 0 Å². The van der Waals surface area contributed by atoms with Gasteiger partial charge in [0, 0.05) is 19.8 Å². The number of imidazole rings is 1. The van der Waals surface area contributed by atoms with E-state index >= 15 is 0 Å². The molecule has 0 aliphatic carbocycles. The molecule has 2 aromatic rings. The topological polar surface area (TPSA) is 60.6 Å². The molecular formula is C13H22N6. The van der Waals surface area contributed by atoms with Crippen molar-refractivity contribution in [3.05, 3.63) is 29.9 Å². The zero-order valence-electron chi connectivity index (χ0n) is 12.1. The average molecular weight is 262 g/mol. The van der Waals surface area contributed by atoms with E-state index in [-0.39, 0.29) is 0 Å². The van der Waals surface area contributed by atoms with Crippen LogP contribution in [0.15, 0.2) is 12.5 Å². The van der Waals surface area contributed by atoms with Crippen LogP contribution < -0.4 is 5.32 Å². The van der Waals surface area contributed by atoms with Crippen LogP contribution in [0.3, 0.4) is 0 Å². The molecule has 0 saturated heterocycles. The first kappa shape index (κ1) is 13.7. The highest BCUT2D eigenvalue weighted by atomic mass is 15.3. The van der Waals surface area contributed by atoms with E-state index in [0.717, 1.165) is 24.7 Å². The largest absolute Gasteiger partial charge is 0.323 e. The molecular weight excluding hydrogens is 240 g/mol. The third kappa shape index (κ3) is 3.41. The van der Waals surface area contributed by atoms with Crippen molar-refractivity contribution in [1.82, 2.24) is 29.6 Å². The molecule has 0 radical (unpaired) electrons. The lowest BCUT2D eigenvalue weighted by atomic mass is 10.2. The summed E-state index contributed by atoms with van der Waals surface area (Å²) < 4.78 is 3.97. The van der Waals surface area contributed by atoms with Crippen LogP contribution in [-0.4, -0.2) is 30.9 Å². The minimum atomic E-state index is 0.649. The molecule has 2 rings (SSSR count). The van der Waals surface area contributed by atoms with E-state index in [4.69, 9.17) is 0 Å². The number of hydrogen-bond donors (Lipinski definition) is 1. The summed E-state index contributed by atoms with van der Waals surface area (Å²) in [5.41, 5.74) is 1.18. The van der Waals surface area contributed by atoms with Gasteiger partial charge in [-0.1, -0.05) is 13.8 Å². The molecule has 0 spiro atoms. The molecule has 2 aromatic heterocycles. The lowest BCUT2D eigenvalue weighted by Crippen LogP contribution is -2.21. The molecule has 0 bridgehead atoms. The van der Waals surface area contributed by atoms with E-state index in [9.17, 15) is 0 Å². The average Bonchev–Trinajstić information content (AvgIpc) is 2.89. The monoisotopic (exact) mass is 262 g/mol. The van der Waals surface area contributed by atoms with E-state index in [1.807, 2.05) is 20.2 Å². The summed E-state index contributed by atoms with van der Waals surface area (Å²) in [6.07, 6.45) is 3.51. The Bertz CT molecular complexity index is 525. The van der Waals surface area contributed by atoms with Crippen LogP contribution in [0.25, 0.3) is 0 Å². The molecule has 2 heterocycles. The van der Waals surface area contributed by atoms with Crippen molar-refractivity contribution < 1.29 is 0 Å². The predicted octanol–water partition coefficient (Wildman–Crippen LogP) is 1.11. The molecule has 0 aromatic carbocycles. The number of hydrogen-bond acceptors (Lipinski definition) is 4. The maximum absolute atomic E-state index is 4.39. The van der Waals surface area contributed by atoms with Crippen LogP contribution in [0.4, 0.5) is 0 Å². The molecule has 1 N–H and O–H groups in total. The second-order valence-electron chi connectivity index (χ2n) is 5.21. The van der Waals surface area contributed by atoms with Crippen LogP contribution in [0.2, 0.25) is 0 Å². The van der Waals surface area contributed by atoms with Gasteiger partial charge in [-0.2, -0.15) is 5.10 Å². The molecule has 0 unspecified atom stereocenters. The third-order valence-electron chi connectivity index (χ3n) is 3.10. The van der Waals surface area contributed by atoms with Crippen molar-refractivity contribution in [2.75, 3.05) is 6.54 Å². The smallest absolute Gasteiger partial charge is 0.146 e. The lowest BCUT2D eigenvalue weighted by molar-refractivity contribution is 0.533. The summed E-state index contributed by atoms with van der Waals surface area (Å²) in [7, 11) is 1.91. The van der Waals surface area contributed by atoms with Gasteiger partial charge in [0.25, 0.3) is 0 Å². The predicted molar refractivity (Wildman–Crippen MR) is 73.6 cm³/mol. The molecule has 0 atom stereocenters. The Labute approximate surface area is 113 Å². The fourth-order valence-corrected chi connectivity index (χ4v) is 1.97. The van der Waals surface area contributed by atoms with Crippen LogP contribution in [0.1, 0.15) is 31.2 Å². The molecule has 0 fully saturated rings. The first-order valence-electron chi connectivity index (χ1n) is 6.62. The first-order chi connectivity index (χ1) is 9.08. The summed E-state index contributed by atoms with van der Waals surface area (Å²) in [4.78, 5) is 8.65. The molecule has 0 aliphatic rings. The Morgan fingerprint density at radius 2 is 2.11 bits per heavy atom. The molecule has 6 heteroatoms. The van der Waals surface area contributed by atoms with Crippen molar-refractivity contribution in [2.24, 2.45) is 13.0 Å². The standard InChI is InChI=1S/C13H22N6/c1-10(2)5-14-6-12-7-15-11(3)19(12)8-13-16-9-17-18(13)4/h7,9-10,14H,5-6,8H2,1-4H3. The Hall–Kier alpha value is -1.69. The van der Waals surface area contributed by atoms with E-state index in [2.05, 4.69) is 38.8 Å². The quantitative estimate of drug-likeness (QED) is 0.847. The van der Waals surface area contributed by atoms with Crippen LogP contribution in [0, 0.1) is 12.8 Å². The minimum Gasteiger partial charge on any atom is -0.323 e. The second kappa shape index (κ2) is 5.97. The third-order valence-corrected chi connectivity index (χ3v) is 3.10. The maximum Gasteiger partial charge on any atom is 0.146 e. The fraction of sp³-hybridized carbons (Fsp3) is 0.615. The zero-order valence-corrected chi connectivity index (χ0v) is 12.1. The van der Waals surface area contributed by atoms with E-state index in [1.54, 1.807) is 11.0 Å². The van der Waals surface area contributed by atoms with Gasteiger partial charge in [0.2, 0.25) is 0 Å². The number of nitrogens with one attached hydrogen (secondary N) is 1. The number of rotatable bonds is 6. The Balaban J connectivity index is 2.07. The normalized spacial score (nSPS) is 11.4. The van der Waals surface area contributed by atoms with Crippen molar-refractivity contribution in [1.29, 1.82) is 0 Å². The van der Waals surface area contributed by atoms with Crippen LogP contribution in [0.5, 0.6) is 0 Å². The first-order valence-corrected chi connectivity index (χ1v) is 6.62. The van der Waals surface area contributed by atoms with Gasteiger partial charge < -0.3 is 9.88 Å². The van der Waals surface area contributed by atoms with Crippen LogP contribution >= 0.6 is 0 Å². The van der Waals surface area contributed by atoms with E-state index in [1.165, 1.54) is 5.69 Å². The Morgan fingerprint density at radius 1 is 1.32 bits per heavy atom. The minimum absolute atomic E-state index is 0.649. The summed E-state index contributed by atoms with van der Waals surface area (Å²) >= 11 is 0. The number of aryl methyl sites for hydroxylation is 2. The Morgan fingerprint density at radius 3 is 2.74 bits per heavy atom. The highest BCUT2D eigenvalue weighted by molar-refractivity contribution is 5.06. The van der Waals surface area contributed by atoms with Crippen molar-refractivity contribution in [2.45, 2.75) is 33.9 Å². The maximum atomic E-state index is 4.39. The van der Waals surface area contributed by atoms with Gasteiger partial charge in [-0.25, -0.2) is 9.97 Å². The van der Waals surface area contributed by atoms with Gasteiger partial charge in [-0.3, -0.25) is 4.68 Å².